The first-order valence-corrected chi connectivity index (χ1v) is 12.0. The van der Waals surface area contributed by atoms with Crippen LogP contribution in [0.25, 0.3) is 22.0 Å². The molecular weight excluding hydrogens is 397 g/mol. The first-order valence-electron chi connectivity index (χ1n) is 10.9. The molecule has 0 aliphatic heterocycles. The minimum absolute atomic E-state index is 0.223. The van der Waals surface area contributed by atoms with Gasteiger partial charge >= 0.3 is 15.6 Å². The van der Waals surface area contributed by atoms with Crippen LogP contribution in [0.4, 0.5) is 0 Å². The summed E-state index contributed by atoms with van der Waals surface area (Å²) in [6.07, 6.45) is 1.02. The van der Waals surface area contributed by atoms with Crippen molar-refractivity contribution >= 4 is 26.5 Å². The van der Waals surface area contributed by atoms with E-state index in [1.165, 1.54) is 11.1 Å². The molecule has 0 amide bonds. The van der Waals surface area contributed by atoms with E-state index in [1.807, 2.05) is 12.1 Å². The van der Waals surface area contributed by atoms with Crippen molar-refractivity contribution in [2.45, 2.75) is 38.0 Å². The molecule has 0 saturated heterocycles. The number of pyridine rings is 1. The van der Waals surface area contributed by atoms with Gasteiger partial charge in [-0.1, -0.05) is 61.9 Å². The number of phenolic OH excluding ortho intramolecular Hbond substituents is 1. The summed E-state index contributed by atoms with van der Waals surface area (Å²) in [6.45, 7) is 6.56. The zero-order chi connectivity index (χ0) is 21.8. The summed E-state index contributed by atoms with van der Waals surface area (Å²) in [7, 11) is 0. The molecule has 1 radical (unpaired) electrons. The fourth-order valence-corrected chi connectivity index (χ4v) is 5.28. The van der Waals surface area contributed by atoms with Gasteiger partial charge in [-0.2, -0.15) is 4.57 Å². The lowest BCUT2D eigenvalue weighted by Gasteiger charge is -2.20. The number of aromatic nitrogens is 1. The number of para-hydroxylation sites is 1. The molecule has 1 aromatic heterocycles. The van der Waals surface area contributed by atoms with Crippen molar-refractivity contribution in [3.8, 4) is 22.6 Å². The van der Waals surface area contributed by atoms with Gasteiger partial charge in [-0.25, -0.2) is 0 Å². The summed E-state index contributed by atoms with van der Waals surface area (Å²) >= 11 is -0.252. The normalized spacial score (nSPS) is 13.0. The highest BCUT2D eigenvalue weighted by atomic mass is 27.1. The maximum atomic E-state index is 10.6. The van der Waals surface area contributed by atoms with Gasteiger partial charge in [0.2, 0.25) is 0 Å². The Labute approximate surface area is 191 Å². The minimum Gasteiger partial charge on any atom is -0.648 e. The van der Waals surface area contributed by atoms with Crippen molar-refractivity contribution in [3.63, 3.8) is 0 Å². The molecular formula is C27H28AlNO2+. The predicted molar refractivity (Wildman–Crippen MR) is 128 cm³/mol. The standard InChI is InChI=1S/C15H18NO.C12H10O.Al/c1-4-6-11(2)16-12(3)9-10-13-7-5-8-14(17)15(13)16;13-12-8-6-11(7-9-12)10-4-2-1-3-5-10;/h5-11H,4H2,1-3H3;1-9,13H;/q;;+1. The summed E-state index contributed by atoms with van der Waals surface area (Å²) < 4.78 is 8.95. The van der Waals surface area contributed by atoms with Gasteiger partial charge < -0.3 is 8.90 Å². The van der Waals surface area contributed by atoms with Gasteiger partial charge in [-0.05, 0) is 48.4 Å². The molecule has 0 fully saturated rings. The molecule has 1 N–H and O–H groups in total. The number of aryl methyl sites for hydroxylation is 1. The highest BCUT2D eigenvalue weighted by Gasteiger charge is 2.31. The van der Waals surface area contributed by atoms with Crippen molar-refractivity contribution in [2.75, 3.05) is 0 Å². The molecule has 0 saturated carbocycles. The molecule has 4 heteroatoms. The fraction of sp³-hybridized carbons (Fsp3) is 0.222. The van der Waals surface area contributed by atoms with Gasteiger partial charge in [-0.15, -0.1) is 0 Å². The summed E-state index contributed by atoms with van der Waals surface area (Å²) in [5.74, 6) is 1.25. The smallest absolute Gasteiger partial charge is 0.534 e. The SMILES string of the molecule is CC[CH]([Al][O]c1ccc(-c2ccccc2)cc1)C(C)[n+]1c(C)ccc2cccc(O)c21. The van der Waals surface area contributed by atoms with Crippen LogP contribution in [-0.4, -0.2) is 20.7 Å². The van der Waals surface area contributed by atoms with E-state index in [1.54, 1.807) is 6.07 Å². The molecule has 3 aromatic carbocycles. The second-order valence-electron chi connectivity index (χ2n) is 8.02. The van der Waals surface area contributed by atoms with Crippen molar-refractivity contribution in [1.82, 2.24) is 0 Å². The Kier molecular flexibility index (Phi) is 6.61. The van der Waals surface area contributed by atoms with E-state index >= 15 is 0 Å². The second kappa shape index (κ2) is 9.56. The Morgan fingerprint density at radius 1 is 0.871 bits per heavy atom. The van der Waals surface area contributed by atoms with Gasteiger partial charge in [0.1, 0.15) is 6.04 Å². The molecule has 0 spiro atoms. The van der Waals surface area contributed by atoms with Crippen LogP contribution in [0.1, 0.15) is 32.0 Å². The molecule has 0 bridgehead atoms. The maximum Gasteiger partial charge on any atom is 0.534 e. The number of nitrogens with zero attached hydrogens (tertiary/aromatic N) is 1. The average molecular weight is 426 g/mol. The van der Waals surface area contributed by atoms with E-state index < -0.39 is 0 Å². The highest BCUT2D eigenvalue weighted by Crippen LogP contribution is 2.29. The highest BCUT2D eigenvalue weighted by molar-refractivity contribution is 6.30. The Hall–Kier alpha value is -2.80. The number of rotatable bonds is 7. The molecule has 155 valence electrons. The van der Waals surface area contributed by atoms with Crippen molar-refractivity contribution in [1.29, 1.82) is 0 Å². The van der Waals surface area contributed by atoms with Crippen molar-refractivity contribution < 1.29 is 13.5 Å². The number of fused-ring (bicyclic) bond motifs is 1. The second-order valence-corrected chi connectivity index (χ2v) is 9.38. The van der Waals surface area contributed by atoms with E-state index in [4.69, 9.17) is 3.79 Å². The van der Waals surface area contributed by atoms with Gasteiger partial charge in [0.15, 0.2) is 11.4 Å². The lowest BCUT2D eigenvalue weighted by molar-refractivity contribution is -0.701. The monoisotopic (exact) mass is 425 g/mol. The summed E-state index contributed by atoms with van der Waals surface area (Å²) in [6, 6.07) is 28.9. The summed E-state index contributed by atoms with van der Waals surface area (Å²) in [5, 5.41) is 11.6. The van der Waals surface area contributed by atoms with E-state index in [9.17, 15) is 5.11 Å². The Balaban J connectivity index is 1.52. The third-order valence-corrected chi connectivity index (χ3v) is 7.80. The largest absolute Gasteiger partial charge is 0.648 e. The van der Waals surface area contributed by atoms with Gasteiger partial charge in [0.05, 0.1) is 11.1 Å². The molecule has 1 heterocycles. The summed E-state index contributed by atoms with van der Waals surface area (Å²) in [4.78, 5) is 0. The van der Waals surface area contributed by atoms with Crippen LogP contribution in [0, 0.1) is 6.92 Å². The van der Waals surface area contributed by atoms with Crippen LogP contribution in [0.15, 0.2) is 84.9 Å². The van der Waals surface area contributed by atoms with Gasteiger partial charge in [-0.3, -0.25) is 0 Å². The molecule has 4 aromatic rings. The third kappa shape index (κ3) is 4.61. The van der Waals surface area contributed by atoms with Gasteiger partial charge in [0.25, 0.3) is 5.52 Å². The molecule has 31 heavy (non-hydrogen) atoms. The zero-order valence-electron chi connectivity index (χ0n) is 18.3. The maximum absolute atomic E-state index is 10.6. The van der Waals surface area contributed by atoms with Crippen LogP contribution < -0.4 is 8.36 Å². The number of aromatic hydroxyl groups is 1. The topological polar surface area (TPSA) is 33.3 Å². The zero-order valence-corrected chi connectivity index (χ0v) is 19.5. The number of hydrogen-bond acceptors (Lipinski definition) is 2. The quantitative estimate of drug-likeness (QED) is 0.280. The minimum atomic E-state index is -0.252. The number of benzene rings is 3. The molecule has 0 aliphatic rings. The molecule has 2 atom stereocenters. The van der Waals surface area contributed by atoms with E-state index in [-0.39, 0.29) is 21.6 Å². The molecule has 2 unspecified atom stereocenters. The van der Waals surface area contributed by atoms with E-state index in [0.717, 1.165) is 28.8 Å². The Morgan fingerprint density at radius 3 is 2.29 bits per heavy atom. The number of phenols is 1. The first kappa shape index (κ1) is 21.4. The van der Waals surface area contributed by atoms with Crippen molar-refractivity contribution in [2.24, 2.45) is 0 Å². The fourth-order valence-electron chi connectivity index (χ4n) is 4.20. The van der Waals surface area contributed by atoms with Crippen LogP contribution in [-0.2, 0) is 0 Å². The van der Waals surface area contributed by atoms with Crippen LogP contribution in [0.3, 0.4) is 0 Å². The third-order valence-electron chi connectivity index (χ3n) is 6.01. The first-order chi connectivity index (χ1) is 15.1. The average Bonchev–Trinajstić information content (AvgIpc) is 2.81. The predicted octanol–water partition coefficient (Wildman–Crippen LogP) is 6.27. The number of hydrogen-bond donors (Lipinski definition) is 1. The molecule has 3 nitrogen and oxygen atoms in total. The van der Waals surface area contributed by atoms with Crippen LogP contribution in [0.5, 0.6) is 11.5 Å². The van der Waals surface area contributed by atoms with Crippen LogP contribution in [0.2, 0.25) is 4.78 Å². The lowest BCUT2D eigenvalue weighted by Crippen LogP contribution is -2.45. The Bertz CT molecular complexity index is 1160. The van der Waals surface area contributed by atoms with Crippen molar-refractivity contribution in [3.05, 3.63) is 90.6 Å². The van der Waals surface area contributed by atoms with E-state index in [2.05, 4.69) is 92.1 Å². The van der Waals surface area contributed by atoms with Crippen LogP contribution >= 0.6 is 0 Å². The van der Waals surface area contributed by atoms with Gasteiger partial charge in [0, 0.05) is 17.8 Å². The summed E-state index contributed by atoms with van der Waals surface area (Å²) in [5.41, 5.74) is 4.46. The molecule has 0 aliphatic carbocycles. The van der Waals surface area contributed by atoms with E-state index in [0.29, 0.717) is 10.5 Å². The lowest BCUT2D eigenvalue weighted by atomic mass is 10.1. The Morgan fingerprint density at radius 2 is 1.58 bits per heavy atom. The molecule has 4 rings (SSSR count).